The van der Waals surface area contributed by atoms with Crippen molar-refractivity contribution >= 4 is 11.6 Å². The Morgan fingerprint density at radius 2 is 2.00 bits per heavy atom. The van der Waals surface area contributed by atoms with Crippen LogP contribution in [0.2, 0.25) is 0 Å². The number of nitrogens with two attached hydrogens (primary N) is 1. The van der Waals surface area contributed by atoms with E-state index in [2.05, 4.69) is 41.5 Å². The van der Waals surface area contributed by atoms with Crippen molar-refractivity contribution in [3.8, 4) is 0 Å². The lowest BCUT2D eigenvalue weighted by Gasteiger charge is -2.21. The molecule has 0 fully saturated rings. The molecule has 18 heavy (non-hydrogen) atoms. The van der Waals surface area contributed by atoms with Crippen molar-refractivity contribution in [2.24, 2.45) is 11.8 Å². The van der Waals surface area contributed by atoms with Gasteiger partial charge in [0.05, 0.1) is 0 Å². The summed E-state index contributed by atoms with van der Waals surface area (Å²) >= 11 is 0. The van der Waals surface area contributed by atoms with Crippen molar-refractivity contribution in [1.29, 1.82) is 0 Å². The van der Waals surface area contributed by atoms with Crippen LogP contribution < -0.4 is 16.6 Å². The third-order valence-corrected chi connectivity index (χ3v) is 2.77. The maximum absolute atomic E-state index is 5.40. The lowest BCUT2D eigenvalue weighted by molar-refractivity contribution is 0.178. The third-order valence-electron chi connectivity index (χ3n) is 2.77. The van der Waals surface area contributed by atoms with Crippen LogP contribution in [0.5, 0.6) is 0 Å². The first-order valence-electron chi connectivity index (χ1n) is 6.20. The Hall–Kier alpha value is -1.40. The lowest BCUT2D eigenvalue weighted by Crippen LogP contribution is -2.25. The molecule has 0 aliphatic heterocycles. The Morgan fingerprint density at radius 1 is 1.33 bits per heavy atom. The van der Waals surface area contributed by atoms with Gasteiger partial charge in [0.2, 0.25) is 0 Å². The van der Waals surface area contributed by atoms with E-state index in [1.165, 1.54) is 0 Å². The molecule has 0 aromatic carbocycles. The Kier molecular flexibility index (Phi) is 5.80. The van der Waals surface area contributed by atoms with Gasteiger partial charge >= 0.3 is 0 Å². The third kappa shape index (κ3) is 4.12. The summed E-state index contributed by atoms with van der Waals surface area (Å²) in [6, 6.07) is 2.17. The van der Waals surface area contributed by atoms with Crippen molar-refractivity contribution in [1.82, 2.24) is 9.97 Å². The van der Waals surface area contributed by atoms with Crippen molar-refractivity contribution in [2.45, 2.75) is 39.8 Å². The smallest absolute Gasteiger partial charge is 0.158 e. The average Bonchev–Trinajstić information content (AvgIpc) is 2.35. The van der Waals surface area contributed by atoms with Crippen LogP contribution in [0.25, 0.3) is 0 Å². The lowest BCUT2D eigenvalue weighted by atomic mass is 10.0. The minimum atomic E-state index is 0.364. The van der Waals surface area contributed by atoms with Crippen LogP contribution in [0.1, 0.15) is 33.0 Å². The highest BCUT2D eigenvalue weighted by molar-refractivity contribution is 5.47. The van der Waals surface area contributed by atoms with Gasteiger partial charge in [0.15, 0.2) is 5.82 Å². The zero-order valence-corrected chi connectivity index (χ0v) is 11.5. The van der Waals surface area contributed by atoms with Crippen molar-refractivity contribution < 1.29 is 4.74 Å². The van der Waals surface area contributed by atoms with Gasteiger partial charge in [-0.15, -0.1) is 0 Å². The fraction of sp³-hybridized carbons (Fsp3) is 0.667. The zero-order chi connectivity index (χ0) is 13.5. The van der Waals surface area contributed by atoms with Crippen LogP contribution in [0.15, 0.2) is 6.07 Å². The molecule has 6 nitrogen and oxygen atoms in total. The maximum atomic E-state index is 5.40. The van der Waals surface area contributed by atoms with Gasteiger partial charge in [0, 0.05) is 19.2 Å². The van der Waals surface area contributed by atoms with E-state index >= 15 is 0 Å². The maximum Gasteiger partial charge on any atom is 0.158 e. The molecule has 1 aromatic rings. The fourth-order valence-corrected chi connectivity index (χ4v) is 1.77. The van der Waals surface area contributed by atoms with Gasteiger partial charge in [-0.3, -0.25) is 0 Å². The van der Waals surface area contributed by atoms with Crippen LogP contribution in [0.3, 0.4) is 0 Å². The molecule has 1 atom stereocenters. The summed E-state index contributed by atoms with van der Waals surface area (Å²) in [5, 5.41) is 3.40. The number of nitrogen functional groups attached to an aromatic ring is 1. The van der Waals surface area contributed by atoms with E-state index in [0.717, 1.165) is 12.2 Å². The standard InChI is InChI=1S/C12H23N5O/c1-5-9(8(2)3)14-10-6-11(17-13)16-12(15-10)7-18-4/h6,8-9H,5,7,13H2,1-4H3,(H2,14,15,16,17). The number of aromatic nitrogens is 2. The van der Waals surface area contributed by atoms with E-state index in [-0.39, 0.29) is 0 Å². The molecule has 0 radical (unpaired) electrons. The molecule has 0 bridgehead atoms. The Bertz CT molecular complexity index is 369. The number of ether oxygens (including phenoxy) is 1. The average molecular weight is 253 g/mol. The fourth-order valence-electron chi connectivity index (χ4n) is 1.77. The molecule has 0 amide bonds. The minimum absolute atomic E-state index is 0.364. The van der Waals surface area contributed by atoms with Gasteiger partial charge in [0.1, 0.15) is 18.2 Å². The topological polar surface area (TPSA) is 85.1 Å². The highest BCUT2D eigenvalue weighted by atomic mass is 16.5. The number of hydrazine groups is 1. The van der Waals surface area contributed by atoms with Crippen LogP contribution in [0.4, 0.5) is 11.6 Å². The molecular weight excluding hydrogens is 230 g/mol. The number of anilines is 2. The number of nitrogens with zero attached hydrogens (tertiary/aromatic N) is 2. The van der Waals surface area contributed by atoms with Crippen molar-refractivity contribution in [3.05, 3.63) is 11.9 Å². The first-order chi connectivity index (χ1) is 8.60. The number of methoxy groups -OCH3 is 1. The van der Waals surface area contributed by atoms with E-state index in [0.29, 0.717) is 30.2 Å². The SMILES string of the molecule is CCC(Nc1cc(NN)nc(COC)n1)C(C)C. The summed E-state index contributed by atoms with van der Waals surface area (Å²) in [6.45, 7) is 6.88. The molecule has 0 aliphatic carbocycles. The summed E-state index contributed by atoms with van der Waals surface area (Å²) < 4.78 is 5.04. The van der Waals surface area contributed by atoms with Gasteiger partial charge < -0.3 is 15.5 Å². The summed E-state index contributed by atoms with van der Waals surface area (Å²) in [4.78, 5) is 8.61. The van der Waals surface area contributed by atoms with Crippen LogP contribution in [-0.4, -0.2) is 23.1 Å². The minimum Gasteiger partial charge on any atom is -0.377 e. The number of hydrogen-bond acceptors (Lipinski definition) is 6. The quantitative estimate of drug-likeness (QED) is 0.507. The highest BCUT2D eigenvalue weighted by Gasteiger charge is 2.12. The summed E-state index contributed by atoms with van der Waals surface area (Å²) in [6.07, 6.45) is 1.03. The number of rotatable bonds is 7. The zero-order valence-electron chi connectivity index (χ0n) is 11.5. The van der Waals surface area contributed by atoms with E-state index in [9.17, 15) is 0 Å². The van der Waals surface area contributed by atoms with Crippen LogP contribution in [0, 0.1) is 5.92 Å². The second-order valence-corrected chi connectivity index (χ2v) is 4.54. The first-order valence-corrected chi connectivity index (χ1v) is 6.20. The summed E-state index contributed by atoms with van der Waals surface area (Å²) in [7, 11) is 1.61. The summed E-state index contributed by atoms with van der Waals surface area (Å²) in [5.74, 6) is 7.89. The Labute approximate surface area is 108 Å². The largest absolute Gasteiger partial charge is 0.377 e. The molecular formula is C12H23N5O. The number of hydrogen-bond donors (Lipinski definition) is 3. The van der Waals surface area contributed by atoms with E-state index in [1.54, 1.807) is 13.2 Å². The molecule has 1 unspecified atom stereocenters. The van der Waals surface area contributed by atoms with Crippen LogP contribution >= 0.6 is 0 Å². The molecule has 1 aromatic heterocycles. The first kappa shape index (κ1) is 14.7. The molecule has 0 aliphatic rings. The molecule has 0 spiro atoms. The monoisotopic (exact) mass is 253 g/mol. The van der Waals surface area contributed by atoms with E-state index in [4.69, 9.17) is 10.6 Å². The van der Waals surface area contributed by atoms with Crippen molar-refractivity contribution in [3.63, 3.8) is 0 Å². The van der Waals surface area contributed by atoms with E-state index < -0.39 is 0 Å². The summed E-state index contributed by atoms with van der Waals surface area (Å²) in [5.41, 5.74) is 2.54. The second-order valence-electron chi connectivity index (χ2n) is 4.54. The molecule has 0 saturated heterocycles. The number of nitrogens with one attached hydrogen (secondary N) is 2. The highest BCUT2D eigenvalue weighted by Crippen LogP contribution is 2.16. The molecule has 102 valence electrons. The molecule has 0 saturated carbocycles. The molecule has 6 heteroatoms. The Morgan fingerprint density at radius 3 is 2.50 bits per heavy atom. The van der Waals surface area contributed by atoms with Gasteiger partial charge in [-0.2, -0.15) is 0 Å². The molecule has 4 N–H and O–H groups in total. The van der Waals surface area contributed by atoms with Gasteiger partial charge in [-0.25, -0.2) is 15.8 Å². The predicted octanol–water partition coefficient (Wildman–Crippen LogP) is 1.76. The van der Waals surface area contributed by atoms with E-state index in [1.807, 2.05) is 0 Å². The van der Waals surface area contributed by atoms with Crippen LogP contribution in [-0.2, 0) is 11.3 Å². The van der Waals surface area contributed by atoms with Gasteiger partial charge in [0.25, 0.3) is 0 Å². The molecule has 1 heterocycles. The second kappa shape index (κ2) is 7.13. The normalized spacial score (nSPS) is 12.6. The van der Waals surface area contributed by atoms with Gasteiger partial charge in [-0.1, -0.05) is 20.8 Å². The van der Waals surface area contributed by atoms with Gasteiger partial charge in [-0.05, 0) is 12.3 Å². The Balaban J connectivity index is 2.89. The predicted molar refractivity (Wildman–Crippen MR) is 73.1 cm³/mol. The molecule has 1 rings (SSSR count). The van der Waals surface area contributed by atoms with Crippen molar-refractivity contribution in [2.75, 3.05) is 17.9 Å².